The number of fused-ring (bicyclic) bond motifs is 1. The van der Waals surface area contributed by atoms with Gasteiger partial charge in [0.15, 0.2) is 0 Å². The van der Waals surface area contributed by atoms with Crippen molar-refractivity contribution < 1.29 is 4.79 Å². The maximum atomic E-state index is 12.3. The topological polar surface area (TPSA) is 42.0 Å². The molecule has 0 aliphatic rings. The number of nitrogens with zero attached hydrogens (tertiary/aromatic N) is 1. The molecule has 0 aliphatic heterocycles. The van der Waals surface area contributed by atoms with E-state index in [0.29, 0.717) is 13.0 Å². The number of aromatic nitrogens is 1. The Morgan fingerprint density at radius 3 is 2.76 bits per heavy atom. The molecule has 0 fully saturated rings. The van der Waals surface area contributed by atoms with Gasteiger partial charge in [0.2, 0.25) is 5.91 Å². The number of carbonyl (C=O) groups is 1. The zero-order chi connectivity index (χ0) is 17.1. The second-order valence-corrected chi connectivity index (χ2v) is 7.52. The van der Waals surface area contributed by atoms with Gasteiger partial charge in [0, 0.05) is 5.38 Å². The van der Waals surface area contributed by atoms with E-state index < -0.39 is 0 Å². The lowest BCUT2D eigenvalue weighted by molar-refractivity contribution is -0.120. The number of nitrogens with one attached hydrogen (secondary N) is 1. The minimum atomic E-state index is 0.0158. The summed E-state index contributed by atoms with van der Waals surface area (Å²) < 4.78 is 0. The highest BCUT2D eigenvalue weighted by atomic mass is 32.1. The van der Waals surface area contributed by atoms with E-state index in [2.05, 4.69) is 34.6 Å². The van der Waals surface area contributed by atoms with Crippen molar-refractivity contribution in [2.75, 3.05) is 0 Å². The Hall–Kier alpha value is -2.50. The summed E-state index contributed by atoms with van der Waals surface area (Å²) >= 11 is 3.29. The predicted molar refractivity (Wildman–Crippen MR) is 105 cm³/mol. The van der Waals surface area contributed by atoms with Gasteiger partial charge in [0.25, 0.3) is 0 Å². The van der Waals surface area contributed by atoms with Crippen LogP contribution in [0.1, 0.15) is 11.3 Å². The van der Waals surface area contributed by atoms with Crippen molar-refractivity contribution in [2.24, 2.45) is 0 Å². The van der Waals surface area contributed by atoms with Crippen LogP contribution in [0.5, 0.6) is 0 Å². The quantitative estimate of drug-likeness (QED) is 0.548. The molecule has 1 N–H and O–H groups in total. The first kappa shape index (κ1) is 16.0. The maximum absolute atomic E-state index is 12.3. The molecule has 0 bridgehead atoms. The van der Waals surface area contributed by atoms with E-state index in [1.807, 2.05) is 41.1 Å². The molecule has 0 saturated heterocycles. The Kier molecular flexibility index (Phi) is 4.59. The second kappa shape index (κ2) is 7.17. The van der Waals surface area contributed by atoms with Gasteiger partial charge in [0.1, 0.15) is 5.01 Å². The predicted octanol–water partition coefficient (Wildman–Crippen LogP) is 4.88. The lowest BCUT2D eigenvalue weighted by Crippen LogP contribution is -2.24. The number of thiazole rings is 1. The van der Waals surface area contributed by atoms with Crippen LogP contribution in [-0.4, -0.2) is 10.9 Å². The monoisotopic (exact) mass is 364 g/mol. The van der Waals surface area contributed by atoms with Crippen LogP contribution in [0.4, 0.5) is 0 Å². The van der Waals surface area contributed by atoms with Gasteiger partial charge in [-0.2, -0.15) is 0 Å². The number of hydrogen-bond donors (Lipinski definition) is 1. The van der Waals surface area contributed by atoms with Crippen LogP contribution in [0.25, 0.3) is 20.7 Å². The van der Waals surface area contributed by atoms with Gasteiger partial charge in [-0.3, -0.25) is 4.79 Å². The normalized spacial score (nSPS) is 10.9. The van der Waals surface area contributed by atoms with Crippen LogP contribution in [-0.2, 0) is 17.8 Å². The van der Waals surface area contributed by atoms with Crippen molar-refractivity contribution >= 4 is 39.4 Å². The molecule has 0 radical (unpaired) electrons. The highest BCUT2D eigenvalue weighted by Crippen LogP contribution is 2.27. The molecule has 5 heteroatoms. The third kappa shape index (κ3) is 3.62. The molecule has 3 nitrogen and oxygen atoms in total. The number of carbonyl (C=O) groups excluding carboxylic acids is 1. The fraction of sp³-hybridized carbons (Fsp3) is 0.100. The summed E-state index contributed by atoms with van der Waals surface area (Å²) in [5.41, 5.74) is 1.95. The van der Waals surface area contributed by atoms with E-state index in [0.717, 1.165) is 27.0 Å². The number of hydrogen-bond acceptors (Lipinski definition) is 4. The van der Waals surface area contributed by atoms with Crippen molar-refractivity contribution in [3.8, 4) is 9.88 Å². The largest absolute Gasteiger partial charge is 0.350 e. The minimum absolute atomic E-state index is 0.0158. The van der Waals surface area contributed by atoms with Gasteiger partial charge in [-0.15, -0.1) is 22.7 Å². The van der Waals surface area contributed by atoms with Crippen LogP contribution in [0, 0.1) is 0 Å². The lowest BCUT2D eigenvalue weighted by Gasteiger charge is -2.07. The van der Waals surface area contributed by atoms with Crippen molar-refractivity contribution in [1.82, 2.24) is 10.3 Å². The van der Waals surface area contributed by atoms with E-state index in [-0.39, 0.29) is 5.91 Å². The molecule has 4 rings (SSSR count). The first-order chi connectivity index (χ1) is 12.3. The zero-order valence-corrected chi connectivity index (χ0v) is 15.1. The summed E-state index contributed by atoms with van der Waals surface area (Å²) in [4.78, 5) is 18.1. The first-order valence-electron chi connectivity index (χ1n) is 8.01. The van der Waals surface area contributed by atoms with Gasteiger partial charge in [-0.25, -0.2) is 4.98 Å². The van der Waals surface area contributed by atoms with E-state index >= 15 is 0 Å². The molecule has 2 heterocycles. The fourth-order valence-corrected chi connectivity index (χ4v) is 4.41. The Balaban J connectivity index is 1.41. The smallest absolute Gasteiger partial charge is 0.224 e. The summed E-state index contributed by atoms with van der Waals surface area (Å²) in [6.45, 7) is 0.464. The van der Waals surface area contributed by atoms with E-state index in [9.17, 15) is 4.79 Å². The van der Waals surface area contributed by atoms with E-state index in [4.69, 9.17) is 0 Å². The van der Waals surface area contributed by atoms with E-state index in [1.54, 1.807) is 22.7 Å². The van der Waals surface area contributed by atoms with Gasteiger partial charge in [-0.05, 0) is 27.8 Å². The van der Waals surface area contributed by atoms with Crippen LogP contribution in [0.2, 0.25) is 0 Å². The van der Waals surface area contributed by atoms with Crippen LogP contribution in [0.15, 0.2) is 65.4 Å². The molecule has 0 spiro atoms. The molecule has 0 saturated carbocycles. The van der Waals surface area contributed by atoms with Gasteiger partial charge in [-0.1, -0.05) is 48.5 Å². The molecule has 25 heavy (non-hydrogen) atoms. The lowest BCUT2D eigenvalue weighted by atomic mass is 10.0. The standard InChI is InChI=1S/C20H16N2OS2/c23-19(11-15-7-3-6-14-5-1-2-8-17(14)15)21-12-16-13-25-20(22-16)18-9-4-10-24-18/h1-10,13H,11-12H2,(H,21,23). The van der Waals surface area contributed by atoms with Crippen LogP contribution < -0.4 is 5.32 Å². The molecule has 0 atom stereocenters. The van der Waals surface area contributed by atoms with Gasteiger partial charge < -0.3 is 5.32 Å². The molecule has 124 valence electrons. The van der Waals surface area contributed by atoms with Gasteiger partial charge in [0.05, 0.1) is 23.5 Å². The van der Waals surface area contributed by atoms with Crippen molar-refractivity contribution in [1.29, 1.82) is 0 Å². The van der Waals surface area contributed by atoms with Crippen LogP contribution in [0.3, 0.4) is 0 Å². The summed E-state index contributed by atoms with van der Waals surface area (Å²) in [5, 5.41) is 10.3. The fourth-order valence-electron chi connectivity index (χ4n) is 2.77. The zero-order valence-electron chi connectivity index (χ0n) is 13.4. The highest BCUT2D eigenvalue weighted by Gasteiger charge is 2.09. The van der Waals surface area contributed by atoms with Crippen molar-refractivity contribution in [3.05, 3.63) is 76.6 Å². The summed E-state index contributed by atoms with van der Waals surface area (Å²) in [7, 11) is 0. The Morgan fingerprint density at radius 1 is 1.00 bits per heavy atom. The SMILES string of the molecule is O=C(Cc1cccc2ccccc12)NCc1csc(-c2cccs2)n1. The maximum Gasteiger partial charge on any atom is 0.224 e. The third-order valence-electron chi connectivity index (χ3n) is 3.98. The second-order valence-electron chi connectivity index (χ2n) is 5.71. The molecule has 2 aromatic carbocycles. The molecular formula is C20H16N2OS2. The van der Waals surface area contributed by atoms with Crippen molar-refractivity contribution in [3.63, 3.8) is 0 Å². The average molecular weight is 364 g/mol. The summed E-state index contributed by atoms with van der Waals surface area (Å²) in [6, 6.07) is 18.3. The van der Waals surface area contributed by atoms with Crippen LogP contribution >= 0.6 is 22.7 Å². The Labute approximate surface area is 154 Å². The Morgan fingerprint density at radius 2 is 1.88 bits per heavy atom. The summed E-state index contributed by atoms with van der Waals surface area (Å²) in [5.74, 6) is 0.0158. The average Bonchev–Trinajstić information content (AvgIpc) is 3.32. The van der Waals surface area contributed by atoms with Crippen molar-refractivity contribution in [2.45, 2.75) is 13.0 Å². The molecule has 0 aliphatic carbocycles. The molecular weight excluding hydrogens is 348 g/mol. The highest BCUT2D eigenvalue weighted by molar-refractivity contribution is 7.20. The molecule has 0 unspecified atom stereocenters. The van der Waals surface area contributed by atoms with Gasteiger partial charge >= 0.3 is 0 Å². The number of thiophene rings is 1. The first-order valence-corrected chi connectivity index (χ1v) is 9.77. The molecule has 4 aromatic rings. The number of amides is 1. The van der Waals surface area contributed by atoms with E-state index in [1.165, 1.54) is 4.88 Å². The Bertz CT molecular complexity index is 1000. The summed E-state index contributed by atoms with van der Waals surface area (Å²) in [6.07, 6.45) is 0.378. The minimum Gasteiger partial charge on any atom is -0.350 e. The molecule has 1 amide bonds. The third-order valence-corrected chi connectivity index (χ3v) is 5.91. The number of benzene rings is 2. The number of rotatable bonds is 5. The molecule has 2 aromatic heterocycles.